The SMILES string of the molecule is CCCNc1ncnc(N(CC)C(C)C)c1[N+](=O)[O-]. The van der Waals surface area contributed by atoms with Crippen LogP contribution in [0.3, 0.4) is 0 Å². The standard InChI is InChI=1S/C12H21N5O2/c1-5-7-13-11-10(17(18)19)12(15-8-14-11)16(6-2)9(3)4/h8-9H,5-7H2,1-4H3,(H,13,14,15). The highest BCUT2D eigenvalue weighted by Gasteiger charge is 2.27. The van der Waals surface area contributed by atoms with Crippen LogP contribution in [0.15, 0.2) is 6.33 Å². The van der Waals surface area contributed by atoms with Gasteiger partial charge in [0.25, 0.3) is 0 Å². The van der Waals surface area contributed by atoms with Gasteiger partial charge in [-0.2, -0.15) is 0 Å². The minimum Gasteiger partial charge on any atom is -0.364 e. The second-order valence-electron chi connectivity index (χ2n) is 4.46. The van der Waals surface area contributed by atoms with Gasteiger partial charge in [0.15, 0.2) is 0 Å². The van der Waals surface area contributed by atoms with Crippen LogP contribution in [0, 0.1) is 10.1 Å². The molecular formula is C12H21N5O2. The van der Waals surface area contributed by atoms with Crippen LogP contribution in [0.4, 0.5) is 17.3 Å². The molecule has 0 aliphatic rings. The molecule has 1 rings (SSSR count). The highest BCUT2D eigenvalue weighted by molar-refractivity contribution is 5.70. The van der Waals surface area contributed by atoms with E-state index in [1.54, 1.807) is 0 Å². The average Bonchev–Trinajstić information content (AvgIpc) is 2.36. The molecule has 1 aromatic heterocycles. The number of nitrogens with one attached hydrogen (secondary N) is 1. The highest BCUT2D eigenvalue weighted by Crippen LogP contribution is 2.32. The lowest BCUT2D eigenvalue weighted by Gasteiger charge is -2.26. The molecule has 0 saturated carbocycles. The Morgan fingerprint density at radius 2 is 2.11 bits per heavy atom. The maximum atomic E-state index is 11.3. The minimum atomic E-state index is -0.418. The molecule has 0 aromatic carbocycles. The van der Waals surface area contributed by atoms with E-state index < -0.39 is 4.92 Å². The molecule has 0 fully saturated rings. The van der Waals surface area contributed by atoms with Crippen LogP contribution in [0.1, 0.15) is 34.1 Å². The Balaban J connectivity index is 3.26. The number of hydrogen-bond donors (Lipinski definition) is 1. The molecule has 1 heterocycles. The van der Waals surface area contributed by atoms with E-state index in [0.29, 0.717) is 18.9 Å². The molecule has 0 aliphatic carbocycles. The fraction of sp³-hybridized carbons (Fsp3) is 0.667. The molecule has 0 amide bonds. The van der Waals surface area contributed by atoms with Gasteiger partial charge in [-0.25, -0.2) is 9.97 Å². The molecule has 1 aromatic rings. The smallest absolute Gasteiger partial charge is 0.353 e. The van der Waals surface area contributed by atoms with Crippen molar-refractivity contribution in [2.45, 2.75) is 40.2 Å². The van der Waals surface area contributed by atoms with Gasteiger partial charge in [0.05, 0.1) is 4.92 Å². The third kappa shape index (κ3) is 3.52. The molecule has 7 nitrogen and oxygen atoms in total. The third-order valence-electron chi connectivity index (χ3n) is 2.76. The second-order valence-corrected chi connectivity index (χ2v) is 4.46. The van der Waals surface area contributed by atoms with Gasteiger partial charge >= 0.3 is 5.69 Å². The van der Waals surface area contributed by atoms with Gasteiger partial charge < -0.3 is 10.2 Å². The lowest BCUT2D eigenvalue weighted by Crippen LogP contribution is -2.32. The Morgan fingerprint density at radius 3 is 2.58 bits per heavy atom. The fourth-order valence-corrected chi connectivity index (χ4v) is 1.88. The summed E-state index contributed by atoms with van der Waals surface area (Å²) in [4.78, 5) is 20.9. The van der Waals surface area contributed by atoms with Crippen LogP contribution in [-0.4, -0.2) is 34.0 Å². The summed E-state index contributed by atoms with van der Waals surface area (Å²) in [6.45, 7) is 9.20. The number of nitro groups is 1. The van der Waals surface area contributed by atoms with Crippen LogP contribution in [0.5, 0.6) is 0 Å². The maximum Gasteiger partial charge on any atom is 0.353 e. The number of rotatable bonds is 7. The highest BCUT2D eigenvalue weighted by atomic mass is 16.6. The maximum absolute atomic E-state index is 11.3. The molecule has 0 saturated heterocycles. The largest absolute Gasteiger partial charge is 0.364 e. The van der Waals surface area contributed by atoms with Crippen molar-refractivity contribution in [3.63, 3.8) is 0 Å². The van der Waals surface area contributed by atoms with Crippen molar-refractivity contribution in [1.29, 1.82) is 0 Å². The van der Waals surface area contributed by atoms with E-state index in [0.717, 1.165) is 6.42 Å². The van der Waals surface area contributed by atoms with Crippen molar-refractivity contribution in [3.8, 4) is 0 Å². The molecule has 0 radical (unpaired) electrons. The van der Waals surface area contributed by atoms with Gasteiger partial charge in [-0.05, 0) is 27.2 Å². The number of hydrogen-bond acceptors (Lipinski definition) is 6. The van der Waals surface area contributed by atoms with E-state index in [-0.39, 0.29) is 17.5 Å². The zero-order valence-corrected chi connectivity index (χ0v) is 11.9. The number of nitrogens with zero attached hydrogens (tertiary/aromatic N) is 4. The molecule has 0 atom stereocenters. The predicted octanol–water partition coefficient (Wildman–Crippen LogP) is 2.44. The Kier molecular flexibility index (Phi) is 5.47. The van der Waals surface area contributed by atoms with Gasteiger partial charge in [-0.15, -0.1) is 0 Å². The zero-order chi connectivity index (χ0) is 14.4. The van der Waals surface area contributed by atoms with Gasteiger partial charge in [0.1, 0.15) is 6.33 Å². The first kappa shape index (κ1) is 15.1. The van der Waals surface area contributed by atoms with Gasteiger partial charge in [-0.3, -0.25) is 10.1 Å². The summed E-state index contributed by atoms with van der Waals surface area (Å²) in [6.07, 6.45) is 2.24. The lowest BCUT2D eigenvalue weighted by molar-refractivity contribution is -0.383. The molecule has 0 unspecified atom stereocenters. The summed E-state index contributed by atoms with van der Waals surface area (Å²) in [5.74, 6) is 0.659. The molecule has 106 valence electrons. The number of anilines is 2. The monoisotopic (exact) mass is 267 g/mol. The lowest BCUT2D eigenvalue weighted by atomic mass is 10.3. The molecule has 0 aliphatic heterocycles. The summed E-state index contributed by atoms with van der Waals surface area (Å²) in [5, 5.41) is 14.3. The van der Waals surface area contributed by atoms with Crippen molar-refractivity contribution in [2.75, 3.05) is 23.3 Å². The molecule has 19 heavy (non-hydrogen) atoms. The van der Waals surface area contributed by atoms with Crippen LogP contribution in [0.25, 0.3) is 0 Å². The van der Waals surface area contributed by atoms with Crippen molar-refractivity contribution in [3.05, 3.63) is 16.4 Å². The summed E-state index contributed by atoms with van der Waals surface area (Å²) < 4.78 is 0. The molecular weight excluding hydrogens is 246 g/mol. The van der Waals surface area contributed by atoms with Gasteiger partial charge in [0, 0.05) is 19.1 Å². The van der Waals surface area contributed by atoms with E-state index in [1.807, 2.05) is 32.6 Å². The quantitative estimate of drug-likeness (QED) is 0.603. The normalized spacial score (nSPS) is 10.6. The third-order valence-corrected chi connectivity index (χ3v) is 2.76. The average molecular weight is 267 g/mol. The van der Waals surface area contributed by atoms with Crippen molar-refractivity contribution in [2.24, 2.45) is 0 Å². The second kappa shape index (κ2) is 6.86. The Bertz CT molecular complexity index is 436. The fourth-order valence-electron chi connectivity index (χ4n) is 1.88. The van der Waals surface area contributed by atoms with E-state index >= 15 is 0 Å². The summed E-state index contributed by atoms with van der Waals surface area (Å²) in [6, 6.07) is 0.137. The summed E-state index contributed by atoms with van der Waals surface area (Å²) in [7, 11) is 0. The van der Waals surface area contributed by atoms with Crippen LogP contribution >= 0.6 is 0 Å². The first-order valence-electron chi connectivity index (χ1n) is 6.52. The molecule has 1 N–H and O–H groups in total. The van der Waals surface area contributed by atoms with E-state index in [9.17, 15) is 10.1 Å². The Morgan fingerprint density at radius 1 is 1.42 bits per heavy atom. The van der Waals surface area contributed by atoms with Crippen molar-refractivity contribution in [1.82, 2.24) is 9.97 Å². The Labute approximate surface area is 113 Å². The number of aromatic nitrogens is 2. The van der Waals surface area contributed by atoms with Gasteiger partial charge in [-0.1, -0.05) is 6.92 Å². The first-order chi connectivity index (χ1) is 9.02. The predicted molar refractivity (Wildman–Crippen MR) is 75.6 cm³/mol. The molecule has 0 spiro atoms. The van der Waals surface area contributed by atoms with Crippen molar-refractivity contribution >= 4 is 17.3 Å². The van der Waals surface area contributed by atoms with E-state index in [1.165, 1.54) is 6.33 Å². The van der Waals surface area contributed by atoms with Crippen LogP contribution in [0.2, 0.25) is 0 Å². The van der Waals surface area contributed by atoms with E-state index in [2.05, 4.69) is 15.3 Å². The van der Waals surface area contributed by atoms with Crippen LogP contribution < -0.4 is 10.2 Å². The van der Waals surface area contributed by atoms with E-state index in [4.69, 9.17) is 0 Å². The minimum absolute atomic E-state index is 0.0495. The zero-order valence-electron chi connectivity index (χ0n) is 11.9. The topological polar surface area (TPSA) is 84.2 Å². The van der Waals surface area contributed by atoms with Gasteiger partial charge in [0.2, 0.25) is 11.6 Å². The van der Waals surface area contributed by atoms with Crippen LogP contribution in [-0.2, 0) is 0 Å². The molecule has 7 heteroatoms. The summed E-state index contributed by atoms with van der Waals surface area (Å²) in [5.41, 5.74) is -0.0495. The molecule has 0 bridgehead atoms. The first-order valence-corrected chi connectivity index (χ1v) is 6.52. The Hall–Kier alpha value is -1.92. The summed E-state index contributed by atoms with van der Waals surface area (Å²) >= 11 is 0. The van der Waals surface area contributed by atoms with Crippen molar-refractivity contribution < 1.29 is 4.92 Å².